The van der Waals surface area contributed by atoms with Crippen LogP contribution in [0.5, 0.6) is 0 Å². The highest BCUT2D eigenvalue weighted by Crippen LogP contribution is 2.32. The van der Waals surface area contributed by atoms with Crippen molar-refractivity contribution in [3.05, 3.63) is 28.5 Å². The number of hydrogen-bond donors (Lipinski definition) is 1. The molecule has 1 aliphatic rings. The maximum Gasteiger partial charge on any atom is 0.178 e. The molecule has 1 saturated carbocycles. The van der Waals surface area contributed by atoms with Crippen LogP contribution < -0.4 is 0 Å². The number of aryl methyl sites for hydroxylation is 1. The Balaban J connectivity index is 2.00. The molecule has 3 rings (SSSR count). The molecule has 1 N–H and O–H groups in total. The standard InChI is InChI=1S/C16H22N2S/c1-11-6-3-4-8-13(11)10-18-15-12(2)7-5-9-14(15)17-16(18)19/h5,7,9,11,13H,3-4,6,8,10H2,1-2H3,(H,17,19). The molecule has 19 heavy (non-hydrogen) atoms. The van der Waals surface area contributed by atoms with E-state index in [1.807, 2.05) is 0 Å². The number of nitrogens with one attached hydrogen (secondary N) is 1. The van der Waals surface area contributed by atoms with Gasteiger partial charge in [0.2, 0.25) is 0 Å². The van der Waals surface area contributed by atoms with E-state index in [9.17, 15) is 0 Å². The Kier molecular flexibility index (Phi) is 3.48. The number of rotatable bonds is 2. The summed E-state index contributed by atoms with van der Waals surface area (Å²) in [7, 11) is 0. The highest BCUT2D eigenvalue weighted by atomic mass is 32.1. The Labute approximate surface area is 119 Å². The van der Waals surface area contributed by atoms with Crippen LogP contribution in [-0.4, -0.2) is 9.55 Å². The van der Waals surface area contributed by atoms with Crippen LogP contribution in [0.1, 0.15) is 38.2 Å². The van der Waals surface area contributed by atoms with Gasteiger partial charge in [-0.2, -0.15) is 0 Å². The predicted molar refractivity (Wildman–Crippen MR) is 83.0 cm³/mol. The predicted octanol–water partition coefficient (Wildman–Crippen LogP) is 4.83. The molecule has 2 atom stereocenters. The molecule has 0 radical (unpaired) electrons. The first-order valence-electron chi connectivity index (χ1n) is 7.35. The SMILES string of the molecule is Cc1cccc2[nH]c(=S)n(CC3CCCCC3C)c12. The summed E-state index contributed by atoms with van der Waals surface area (Å²) in [6.45, 7) is 5.64. The van der Waals surface area contributed by atoms with E-state index in [0.717, 1.165) is 23.2 Å². The quantitative estimate of drug-likeness (QED) is 0.778. The number of aromatic amines is 1. The molecule has 0 spiro atoms. The molecule has 1 fully saturated rings. The first kappa shape index (κ1) is 12.9. The summed E-state index contributed by atoms with van der Waals surface area (Å²) < 4.78 is 3.20. The van der Waals surface area contributed by atoms with Gasteiger partial charge in [-0.1, -0.05) is 38.3 Å². The average molecular weight is 274 g/mol. The van der Waals surface area contributed by atoms with Crippen molar-refractivity contribution in [3.63, 3.8) is 0 Å². The van der Waals surface area contributed by atoms with Gasteiger partial charge < -0.3 is 9.55 Å². The molecule has 0 aliphatic heterocycles. The maximum atomic E-state index is 5.53. The van der Waals surface area contributed by atoms with Crippen molar-refractivity contribution in [1.29, 1.82) is 0 Å². The lowest BCUT2D eigenvalue weighted by Gasteiger charge is -2.29. The molecule has 1 aromatic carbocycles. The van der Waals surface area contributed by atoms with Crippen molar-refractivity contribution >= 4 is 23.3 Å². The van der Waals surface area contributed by atoms with Crippen LogP contribution in [0.25, 0.3) is 11.0 Å². The minimum absolute atomic E-state index is 0.777. The van der Waals surface area contributed by atoms with Crippen LogP contribution >= 0.6 is 12.2 Å². The first-order chi connectivity index (χ1) is 9.16. The maximum absolute atomic E-state index is 5.53. The number of imidazole rings is 1. The van der Waals surface area contributed by atoms with E-state index in [1.165, 1.54) is 42.3 Å². The summed E-state index contributed by atoms with van der Waals surface area (Å²) in [6, 6.07) is 6.39. The monoisotopic (exact) mass is 274 g/mol. The average Bonchev–Trinajstić information content (AvgIpc) is 2.70. The van der Waals surface area contributed by atoms with Crippen LogP contribution in [-0.2, 0) is 6.54 Å². The van der Waals surface area contributed by atoms with Crippen molar-refractivity contribution < 1.29 is 0 Å². The second-order valence-electron chi connectivity index (χ2n) is 6.03. The van der Waals surface area contributed by atoms with Crippen molar-refractivity contribution in [1.82, 2.24) is 9.55 Å². The van der Waals surface area contributed by atoms with Gasteiger partial charge in [0, 0.05) is 6.54 Å². The van der Waals surface area contributed by atoms with Gasteiger partial charge in [-0.3, -0.25) is 0 Å². The molecule has 0 saturated heterocycles. The molecule has 0 bridgehead atoms. The molecule has 0 amide bonds. The van der Waals surface area contributed by atoms with Gasteiger partial charge in [0.05, 0.1) is 11.0 Å². The van der Waals surface area contributed by atoms with Crippen LogP contribution in [0, 0.1) is 23.5 Å². The zero-order chi connectivity index (χ0) is 13.4. The molecule has 102 valence electrons. The van der Waals surface area contributed by atoms with Gasteiger partial charge in [0.25, 0.3) is 0 Å². The van der Waals surface area contributed by atoms with E-state index in [-0.39, 0.29) is 0 Å². The summed E-state index contributed by atoms with van der Waals surface area (Å²) in [5, 5.41) is 0. The molecule has 2 unspecified atom stereocenters. The van der Waals surface area contributed by atoms with Crippen LogP contribution in [0.15, 0.2) is 18.2 Å². The summed E-state index contributed by atoms with van der Waals surface area (Å²) in [5.41, 5.74) is 3.78. The van der Waals surface area contributed by atoms with Gasteiger partial charge in [-0.05, 0) is 49.0 Å². The highest BCUT2D eigenvalue weighted by molar-refractivity contribution is 7.71. The van der Waals surface area contributed by atoms with Gasteiger partial charge in [-0.25, -0.2) is 0 Å². The first-order valence-corrected chi connectivity index (χ1v) is 7.76. The zero-order valence-electron chi connectivity index (χ0n) is 11.8. The van der Waals surface area contributed by atoms with E-state index >= 15 is 0 Å². The number of H-pyrrole nitrogens is 1. The van der Waals surface area contributed by atoms with E-state index in [0.29, 0.717) is 0 Å². The second-order valence-corrected chi connectivity index (χ2v) is 6.42. The molecule has 2 nitrogen and oxygen atoms in total. The minimum atomic E-state index is 0.777. The largest absolute Gasteiger partial charge is 0.331 e. The van der Waals surface area contributed by atoms with Crippen molar-refractivity contribution in [2.24, 2.45) is 11.8 Å². The molecule has 2 aromatic rings. The van der Waals surface area contributed by atoms with Gasteiger partial charge >= 0.3 is 0 Å². The van der Waals surface area contributed by atoms with Crippen molar-refractivity contribution in [2.45, 2.75) is 46.1 Å². The van der Waals surface area contributed by atoms with E-state index < -0.39 is 0 Å². The number of hydrogen-bond acceptors (Lipinski definition) is 1. The fraction of sp³-hybridized carbons (Fsp3) is 0.562. The Hall–Kier alpha value is -1.09. The molecular formula is C16H22N2S. The van der Waals surface area contributed by atoms with Gasteiger partial charge in [0.1, 0.15) is 0 Å². The van der Waals surface area contributed by atoms with Crippen LogP contribution in [0.4, 0.5) is 0 Å². The highest BCUT2D eigenvalue weighted by Gasteiger charge is 2.22. The smallest absolute Gasteiger partial charge is 0.178 e. The topological polar surface area (TPSA) is 20.7 Å². The summed E-state index contributed by atoms with van der Waals surface area (Å²) in [6.07, 6.45) is 5.50. The van der Waals surface area contributed by atoms with Crippen molar-refractivity contribution in [2.75, 3.05) is 0 Å². The Bertz CT molecular complexity index is 638. The summed E-state index contributed by atoms with van der Waals surface area (Å²) in [4.78, 5) is 3.35. The minimum Gasteiger partial charge on any atom is -0.331 e. The van der Waals surface area contributed by atoms with E-state index in [2.05, 4.69) is 41.6 Å². The lowest BCUT2D eigenvalue weighted by molar-refractivity contribution is 0.230. The summed E-state index contributed by atoms with van der Waals surface area (Å²) in [5.74, 6) is 1.60. The number of benzene rings is 1. The Morgan fingerprint density at radius 1 is 1.32 bits per heavy atom. The third-order valence-electron chi connectivity index (χ3n) is 4.70. The lowest BCUT2D eigenvalue weighted by Crippen LogP contribution is -2.22. The Morgan fingerprint density at radius 2 is 2.11 bits per heavy atom. The number of para-hydroxylation sites is 1. The molecule has 1 aliphatic carbocycles. The number of fused-ring (bicyclic) bond motifs is 1. The third kappa shape index (κ3) is 2.36. The number of aromatic nitrogens is 2. The third-order valence-corrected chi connectivity index (χ3v) is 5.02. The fourth-order valence-corrected chi connectivity index (χ4v) is 3.75. The summed E-state index contributed by atoms with van der Waals surface area (Å²) >= 11 is 5.53. The molecule has 3 heteroatoms. The second kappa shape index (κ2) is 5.12. The molecule has 1 aromatic heterocycles. The molecule has 1 heterocycles. The van der Waals surface area contributed by atoms with Crippen LogP contribution in [0.3, 0.4) is 0 Å². The van der Waals surface area contributed by atoms with Crippen molar-refractivity contribution in [3.8, 4) is 0 Å². The Morgan fingerprint density at radius 3 is 2.89 bits per heavy atom. The van der Waals surface area contributed by atoms with Gasteiger partial charge in [0.15, 0.2) is 4.77 Å². The normalized spacial score (nSPS) is 23.9. The van der Waals surface area contributed by atoms with E-state index in [1.54, 1.807) is 0 Å². The van der Waals surface area contributed by atoms with Crippen LogP contribution in [0.2, 0.25) is 0 Å². The van der Waals surface area contributed by atoms with Gasteiger partial charge in [-0.15, -0.1) is 0 Å². The lowest BCUT2D eigenvalue weighted by atomic mass is 9.80. The van der Waals surface area contributed by atoms with E-state index in [4.69, 9.17) is 12.2 Å². The fourth-order valence-electron chi connectivity index (χ4n) is 3.48. The molecular weight excluding hydrogens is 252 g/mol. The number of nitrogens with zero attached hydrogens (tertiary/aromatic N) is 1. The zero-order valence-corrected chi connectivity index (χ0v) is 12.6.